The van der Waals surface area contributed by atoms with Gasteiger partial charge in [-0.25, -0.2) is 4.98 Å². The predicted molar refractivity (Wildman–Crippen MR) is 95.0 cm³/mol. The highest BCUT2D eigenvalue weighted by molar-refractivity contribution is 5.78. The maximum atomic E-state index is 12.4. The Morgan fingerprint density at radius 1 is 1.25 bits per heavy atom. The van der Waals surface area contributed by atoms with E-state index in [1.165, 1.54) is 0 Å². The molecule has 0 aliphatic carbocycles. The van der Waals surface area contributed by atoms with E-state index >= 15 is 0 Å². The van der Waals surface area contributed by atoms with Crippen LogP contribution in [-0.4, -0.2) is 58.2 Å². The highest BCUT2D eigenvalue weighted by Crippen LogP contribution is 2.19. The molecular formula is C18H26N4O2. The molecule has 1 unspecified atom stereocenters. The van der Waals surface area contributed by atoms with E-state index in [0.717, 1.165) is 43.0 Å². The molecule has 1 atom stereocenters. The monoisotopic (exact) mass is 330 g/mol. The molecule has 0 radical (unpaired) electrons. The predicted octanol–water partition coefficient (Wildman–Crippen LogP) is 2.01. The van der Waals surface area contributed by atoms with Crippen LogP contribution in [0.25, 0.3) is 11.0 Å². The van der Waals surface area contributed by atoms with Gasteiger partial charge >= 0.3 is 0 Å². The van der Waals surface area contributed by atoms with Crippen molar-refractivity contribution in [3.8, 4) is 0 Å². The highest BCUT2D eigenvalue weighted by Gasteiger charge is 2.23. The van der Waals surface area contributed by atoms with Gasteiger partial charge in [-0.2, -0.15) is 0 Å². The fourth-order valence-electron chi connectivity index (χ4n) is 3.01. The second-order valence-corrected chi connectivity index (χ2v) is 6.81. The molecule has 0 saturated carbocycles. The number of rotatable bonds is 4. The van der Waals surface area contributed by atoms with Crippen LogP contribution in [0.15, 0.2) is 24.3 Å². The summed E-state index contributed by atoms with van der Waals surface area (Å²) in [5, 5.41) is 9.94. The Bertz CT molecular complexity index is 664. The van der Waals surface area contributed by atoms with Crippen LogP contribution in [-0.2, 0) is 4.79 Å². The first-order valence-corrected chi connectivity index (χ1v) is 8.70. The standard InChI is InChI=1S/C18H26N4O2/c1-13(2)16(23)12-17(24)21-8-5-9-22(11-10-21)18-19-14-6-3-4-7-15(14)20-18/h3-4,6-7,13,16,23H,5,8-12H2,1-2H3,(H,19,20). The van der Waals surface area contributed by atoms with E-state index in [0.29, 0.717) is 6.54 Å². The van der Waals surface area contributed by atoms with Crippen LogP contribution in [0, 0.1) is 5.92 Å². The normalized spacial score (nSPS) is 17.3. The number of para-hydroxylation sites is 2. The van der Waals surface area contributed by atoms with E-state index in [1.54, 1.807) is 0 Å². The number of anilines is 1. The smallest absolute Gasteiger partial charge is 0.225 e. The number of benzene rings is 1. The van der Waals surface area contributed by atoms with Gasteiger partial charge in [-0.15, -0.1) is 0 Å². The first-order chi connectivity index (χ1) is 11.5. The summed E-state index contributed by atoms with van der Waals surface area (Å²) in [5.74, 6) is 1.02. The Morgan fingerprint density at radius 3 is 2.79 bits per heavy atom. The number of carbonyl (C=O) groups is 1. The Balaban J connectivity index is 1.63. The Labute approximate surface area is 142 Å². The summed E-state index contributed by atoms with van der Waals surface area (Å²) in [6.07, 6.45) is 0.551. The minimum absolute atomic E-state index is 0.0441. The van der Waals surface area contributed by atoms with Crippen molar-refractivity contribution in [2.24, 2.45) is 5.92 Å². The molecule has 24 heavy (non-hydrogen) atoms. The Hall–Kier alpha value is -2.08. The third-order valence-corrected chi connectivity index (χ3v) is 4.68. The van der Waals surface area contributed by atoms with Crippen molar-refractivity contribution in [2.45, 2.75) is 32.8 Å². The number of aliphatic hydroxyl groups excluding tert-OH is 1. The maximum Gasteiger partial charge on any atom is 0.225 e. The summed E-state index contributed by atoms with van der Waals surface area (Å²) < 4.78 is 0. The van der Waals surface area contributed by atoms with Crippen LogP contribution in [0.3, 0.4) is 0 Å². The summed E-state index contributed by atoms with van der Waals surface area (Å²) in [4.78, 5) is 24.4. The number of hydrogen-bond donors (Lipinski definition) is 2. The van der Waals surface area contributed by atoms with Crippen molar-refractivity contribution in [1.29, 1.82) is 0 Å². The number of fused-ring (bicyclic) bond motifs is 1. The van der Waals surface area contributed by atoms with Gasteiger partial charge in [0.15, 0.2) is 0 Å². The zero-order valence-corrected chi connectivity index (χ0v) is 14.4. The average Bonchev–Trinajstić information content (AvgIpc) is 2.83. The highest BCUT2D eigenvalue weighted by atomic mass is 16.3. The molecule has 1 aromatic carbocycles. The van der Waals surface area contributed by atoms with Gasteiger partial charge in [0.05, 0.1) is 23.6 Å². The summed E-state index contributed by atoms with van der Waals surface area (Å²) >= 11 is 0. The maximum absolute atomic E-state index is 12.4. The summed E-state index contributed by atoms with van der Waals surface area (Å²) in [5.41, 5.74) is 1.99. The van der Waals surface area contributed by atoms with Crippen LogP contribution >= 0.6 is 0 Å². The minimum Gasteiger partial charge on any atom is -0.392 e. The van der Waals surface area contributed by atoms with E-state index < -0.39 is 6.10 Å². The number of aromatic nitrogens is 2. The number of aromatic amines is 1. The molecule has 6 heteroatoms. The third-order valence-electron chi connectivity index (χ3n) is 4.68. The summed E-state index contributed by atoms with van der Waals surface area (Å²) in [7, 11) is 0. The van der Waals surface area contributed by atoms with E-state index in [-0.39, 0.29) is 18.2 Å². The molecular weight excluding hydrogens is 304 g/mol. The first-order valence-electron chi connectivity index (χ1n) is 8.70. The molecule has 0 spiro atoms. The van der Waals surface area contributed by atoms with Gasteiger partial charge in [-0.3, -0.25) is 4.79 Å². The molecule has 2 heterocycles. The molecule has 6 nitrogen and oxygen atoms in total. The third kappa shape index (κ3) is 3.70. The summed E-state index contributed by atoms with van der Waals surface area (Å²) in [6.45, 7) is 6.90. The van der Waals surface area contributed by atoms with Gasteiger partial charge in [0.25, 0.3) is 0 Å². The quantitative estimate of drug-likeness (QED) is 0.899. The minimum atomic E-state index is -0.563. The van der Waals surface area contributed by atoms with Crippen molar-refractivity contribution in [2.75, 3.05) is 31.1 Å². The van der Waals surface area contributed by atoms with Crippen molar-refractivity contribution < 1.29 is 9.90 Å². The molecule has 130 valence electrons. The fourth-order valence-corrected chi connectivity index (χ4v) is 3.01. The van der Waals surface area contributed by atoms with Gasteiger partial charge in [0.1, 0.15) is 0 Å². The van der Waals surface area contributed by atoms with Crippen LogP contribution in [0.5, 0.6) is 0 Å². The average molecular weight is 330 g/mol. The van der Waals surface area contributed by atoms with E-state index in [2.05, 4.69) is 14.9 Å². The van der Waals surface area contributed by atoms with Gasteiger partial charge in [-0.05, 0) is 24.5 Å². The lowest BCUT2D eigenvalue weighted by atomic mass is 10.0. The molecule has 1 aliphatic heterocycles. The summed E-state index contributed by atoms with van der Waals surface area (Å²) in [6, 6.07) is 7.99. The van der Waals surface area contributed by atoms with Crippen LogP contribution in [0.2, 0.25) is 0 Å². The van der Waals surface area contributed by atoms with Gasteiger partial charge in [0.2, 0.25) is 11.9 Å². The molecule has 1 aliphatic rings. The SMILES string of the molecule is CC(C)C(O)CC(=O)N1CCCN(c2nc3ccccc3[nH]2)CC1. The number of amides is 1. The Morgan fingerprint density at radius 2 is 2.04 bits per heavy atom. The van der Waals surface area contributed by atoms with E-state index in [1.807, 2.05) is 43.0 Å². The van der Waals surface area contributed by atoms with Gasteiger partial charge < -0.3 is 19.9 Å². The fraction of sp³-hybridized carbons (Fsp3) is 0.556. The lowest BCUT2D eigenvalue weighted by Crippen LogP contribution is -2.37. The molecule has 1 fully saturated rings. The lowest BCUT2D eigenvalue weighted by Gasteiger charge is -2.23. The second kappa shape index (κ2) is 7.21. The van der Waals surface area contributed by atoms with Gasteiger partial charge in [-0.1, -0.05) is 26.0 Å². The second-order valence-electron chi connectivity index (χ2n) is 6.81. The van der Waals surface area contributed by atoms with E-state index in [4.69, 9.17) is 0 Å². The van der Waals surface area contributed by atoms with Crippen LogP contribution in [0.1, 0.15) is 26.7 Å². The first kappa shape index (κ1) is 16.8. The van der Waals surface area contributed by atoms with Crippen molar-refractivity contribution in [1.82, 2.24) is 14.9 Å². The number of imidazole rings is 1. The largest absolute Gasteiger partial charge is 0.392 e. The van der Waals surface area contributed by atoms with Crippen LogP contribution in [0.4, 0.5) is 5.95 Å². The van der Waals surface area contributed by atoms with Crippen molar-refractivity contribution >= 4 is 22.9 Å². The molecule has 1 amide bonds. The number of nitrogens with one attached hydrogen (secondary N) is 1. The molecule has 1 aromatic heterocycles. The number of H-pyrrole nitrogens is 1. The number of nitrogens with zero attached hydrogens (tertiary/aromatic N) is 3. The number of carbonyl (C=O) groups excluding carboxylic acids is 1. The molecule has 2 aromatic rings. The molecule has 3 rings (SSSR count). The number of aliphatic hydroxyl groups is 1. The topological polar surface area (TPSA) is 72.5 Å². The molecule has 2 N–H and O–H groups in total. The lowest BCUT2D eigenvalue weighted by molar-refractivity contribution is -0.133. The van der Waals surface area contributed by atoms with Crippen molar-refractivity contribution in [3.05, 3.63) is 24.3 Å². The molecule has 0 bridgehead atoms. The zero-order valence-electron chi connectivity index (χ0n) is 14.4. The van der Waals surface area contributed by atoms with Gasteiger partial charge in [0, 0.05) is 26.2 Å². The molecule has 1 saturated heterocycles. The van der Waals surface area contributed by atoms with Crippen molar-refractivity contribution in [3.63, 3.8) is 0 Å². The van der Waals surface area contributed by atoms with E-state index in [9.17, 15) is 9.90 Å². The zero-order chi connectivity index (χ0) is 17.1. The Kier molecular flexibility index (Phi) is 5.04. The van der Waals surface area contributed by atoms with Crippen LogP contribution < -0.4 is 4.90 Å². The number of hydrogen-bond acceptors (Lipinski definition) is 4.